The summed E-state index contributed by atoms with van der Waals surface area (Å²) in [5, 5.41) is 4.97. The molecular formula is C15H22Cl2N2O2. The van der Waals surface area contributed by atoms with Crippen LogP contribution in [0.15, 0.2) is 23.4 Å². The van der Waals surface area contributed by atoms with E-state index in [9.17, 15) is 0 Å². The standard InChI is InChI=1S/C15H21ClN2O2.ClH/c1-18(2)8-4-10-20-17-14-5-3-9-19-15-7-6-12(16)11-13(14)15;/h6-7,11H,3-5,8-10H2,1-2H3;1H/b17-14+;. The SMILES string of the molecule is CN(C)CCCO/N=C1\CCCOc2ccc(Cl)cc21.Cl. The fourth-order valence-corrected chi connectivity index (χ4v) is 2.25. The summed E-state index contributed by atoms with van der Waals surface area (Å²) in [4.78, 5) is 7.57. The summed E-state index contributed by atoms with van der Waals surface area (Å²) in [5.74, 6) is 0.836. The van der Waals surface area contributed by atoms with Crippen LogP contribution in [0.4, 0.5) is 0 Å². The lowest BCUT2D eigenvalue weighted by atomic mass is 10.1. The van der Waals surface area contributed by atoms with Crippen LogP contribution in [0, 0.1) is 0 Å². The number of nitrogens with zero attached hydrogens (tertiary/aromatic N) is 2. The molecule has 0 saturated carbocycles. The summed E-state index contributed by atoms with van der Waals surface area (Å²) >= 11 is 6.06. The monoisotopic (exact) mass is 332 g/mol. The van der Waals surface area contributed by atoms with E-state index in [1.54, 1.807) is 0 Å². The summed E-state index contributed by atoms with van der Waals surface area (Å²) in [7, 11) is 4.10. The second kappa shape index (κ2) is 9.13. The molecule has 0 fully saturated rings. The smallest absolute Gasteiger partial charge is 0.128 e. The highest BCUT2D eigenvalue weighted by Gasteiger charge is 2.16. The van der Waals surface area contributed by atoms with E-state index in [1.165, 1.54) is 0 Å². The third-order valence-electron chi connectivity index (χ3n) is 3.08. The number of hydrogen-bond donors (Lipinski definition) is 0. The third kappa shape index (κ3) is 5.73. The minimum Gasteiger partial charge on any atom is -0.493 e. The Morgan fingerprint density at radius 2 is 2.19 bits per heavy atom. The number of fused-ring (bicyclic) bond motifs is 1. The van der Waals surface area contributed by atoms with Gasteiger partial charge < -0.3 is 14.5 Å². The molecule has 0 bridgehead atoms. The first-order valence-corrected chi connectivity index (χ1v) is 7.31. The maximum Gasteiger partial charge on any atom is 0.128 e. The van der Waals surface area contributed by atoms with Gasteiger partial charge in [-0.05, 0) is 51.6 Å². The molecule has 4 nitrogen and oxygen atoms in total. The first-order chi connectivity index (χ1) is 9.66. The molecule has 0 aromatic heterocycles. The van der Waals surface area contributed by atoms with Gasteiger partial charge in [-0.2, -0.15) is 0 Å². The molecule has 0 radical (unpaired) electrons. The molecule has 118 valence electrons. The van der Waals surface area contributed by atoms with Crippen molar-refractivity contribution in [3.63, 3.8) is 0 Å². The van der Waals surface area contributed by atoms with Crippen LogP contribution < -0.4 is 4.74 Å². The lowest BCUT2D eigenvalue weighted by Gasteiger charge is -2.10. The van der Waals surface area contributed by atoms with Gasteiger partial charge in [-0.25, -0.2) is 0 Å². The molecule has 21 heavy (non-hydrogen) atoms. The molecular weight excluding hydrogens is 311 g/mol. The summed E-state index contributed by atoms with van der Waals surface area (Å²) < 4.78 is 5.69. The van der Waals surface area contributed by atoms with Crippen LogP contribution in [-0.2, 0) is 4.84 Å². The van der Waals surface area contributed by atoms with Crippen molar-refractivity contribution in [1.29, 1.82) is 0 Å². The number of hydrogen-bond acceptors (Lipinski definition) is 4. The average molecular weight is 333 g/mol. The maximum atomic E-state index is 6.06. The molecule has 1 heterocycles. The van der Waals surface area contributed by atoms with Crippen molar-refractivity contribution in [3.8, 4) is 5.75 Å². The van der Waals surface area contributed by atoms with E-state index in [0.29, 0.717) is 18.2 Å². The number of halogens is 2. The van der Waals surface area contributed by atoms with Crippen LogP contribution in [0.25, 0.3) is 0 Å². The predicted octanol–water partition coefficient (Wildman–Crippen LogP) is 3.61. The van der Waals surface area contributed by atoms with Gasteiger partial charge in [-0.1, -0.05) is 16.8 Å². The van der Waals surface area contributed by atoms with Crippen molar-refractivity contribution in [2.45, 2.75) is 19.3 Å². The van der Waals surface area contributed by atoms with Gasteiger partial charge in [0.05, 0.1) is 12.3 Å². The molecule has 6 heteroatoms. The van der Waals surface area contributed by atoms with Crippen LogP contribution in [0.1, 0.15) is 24.8 Å². The lowest BCUT2D eigenvalue weighted by Crippen LogP contribution is -2.14. The molecule has 1 aromatic rings. The molecule has 0 N–H and O–H groups in total. The first kappa shape index (κ1) is 18.1. The second-order valence-electron chi connectivity index (χ2n) is 5.12. The molecule has 0 atom stereocenters. The Morgan fingerprint density at radius 3 is 2.95 bits per heavy atom. The summed E-state index contributed by atoms with van der Waals surface area (Å²) in [5.41, 5.74) is 1.87. The Hall–Kier alpha value is -0.970. The van der Waals surface area contributed by atoms with Crippen molar-refractivity contribution in [1.82, 2.24) is 4.90 Å². The van der Waals surface area contributed by atoms with E-state index in [-0.39, 0.29) is 12.4 Å². The Bertz CT molecular complexity index is 479. The largest absolute Gasteiger partial charge is 0.493 e. The lowest BCUT2D eigenvalue weighted by molar-refractivity contribution is 0.134. The Kier molecular flexibility index (Phi) is 7.86. The van der Waals surface area contributed by atoms with E-state index in [4.69, 9.17) is 21.2 Å². The average Bonchev–Trinajstić information content (AvgIpc) is 2.60. The fraction of sp³-hybridized carbons (Fsp3) is 0.533. The van der Waals surface area contributed by atoms with E-state index < -0.39 is 0 Å². The number of rotatable bonds is 5. The zero-order valence-electron chi connectivity index (χ0n) is 12.5. The molecule has 0 amide bonds. The quantitative estimate of drug-likeness (QED) is 0.610. The number of oxime groups is 1. The van der Waals surface area contributed by atoms with Crippen molar-refractivity contribution in [2.75, 3.05) is 33.9 Å². The molecule has 0 unspecified atom stereocenters. The van der Waals surface area contributed by atoms with Crippen molar-refractivity contribution >= 4 is 29.7 Å². The molecule has 0 spiro atoms. The molecule has 2 rings (SSSR count). The van der Waals surface area contributed by atoms with E-state index >= 15 is 0 Å². The Balaban J connectivity index is 0.00000220. The van der Waals surface area contributed by atoms with Gasteiger partial charge in [0, 0.05) is 17.1 Å². The zero-order valence-corrected chi connectivity index (χ0v) is 14.0. The topological polar surface area (TPSA) is 34.1 Å². The van der Waals surface area contributed by atoms with Crippen molar-refractivity contribution in [2.24, 2.45) is 5.16 Å². The van der Waals surface area contributed by atoms with Crippen molar-refractivity contribution < 1.29 is 9.57 Å². The van der Waals surface area contributed by atoms with Gasteiger partial charge in [-0.3, -0.25) is 0 Å². The van der Waals surface area contributed by atoms with Crippen LogP contribution in [-0.4, -0.2) is 44.5 Å². The highest BCUT2D eigenvalue weighted by molar-refractivity contribution is 6.31. The van der Waals surface area contributed by atoms with Gasteiger partial charge >= 0.3 is 0 Å². The molecule has 1 aliphatic heterocycles. The van der Waals surface area contributed by atoms with Gasteiger partial charge in [0.15, 0.2) is 0 Å². The molecule has 1 aromatic carbocycles. The van der Waals surface area contributed by atoms with Crippen LogP contribution in [0.3, 0.4) is 0 Å². The Labute approximate surface area is 137 Å². The normalized spacial score (nSPS) is 15.9. The summed E-state index contributed by atoms with van der Waals surface area (Å²) in [6.07, 6.45) is 2.75. The van der Waals surface area contributed by atoms with Crippen LogP contribution in [0.5, 0.6) is 5.75 Å². The van der Waals surface area contributed by atoms with Gasteiger partial charge in [0.2, 0.25) is 0 Å². The zero-order chi connectivity index (χ0) is 14.4. The summed E-state index contributed by atoms with van der Waals surface area (Å²) in [6.45, 7) is 2.32. The van der Waals surface area contributed by atoms with Crippen LogP contribution >= 0.6 is 24.0 Å². The molecule has 0 aliphatic carbocycles. The Morgan fingerprint density at radius 1 is 1.38 bits per heavy atom. The predicted molar refractivity (Wildman–Crippen MR) is 89.1 cm³/mol. The maximum absolute atomic E-state index is 6.06. The summed E-state index contributed by atoms with van der Waals surface area (Å²) in [6, 6.07) is 5.62. The minimum atomic E-state index is 0. The third-order valence-corrected chi connectivity index (χ3v) is 3.32. The van der Waals surface area contributed by atoms with E-state index in [0.717, 1.165) is 42.8 Å². The highest BCUT2D eigenvalue weighted by Crippen LogP contribution is 2.27. The van der Waals surface area contributed by atoms with E-state index in [2.05, 4.69) is 10.1 Å². The number of benzene rings is 1. The van der Waals surface area contributed by atoms with Gasteiger partial charge in [-0.15, -0.1) is 12.4 Å². The van der Waals surface area contributed by atoms with Gasteiger partial charge in [0.1, 0.15) is 12.4 Å². The van der Waals surface area contributed by atoms with Crippen LogP contribution in [0.2, 0.25) is 5.02 Å². The minimum absolute atomic E-state index is 0. The molecule has 0 saturated heterocycles. The van der Waals surface area contributed by atoms with Gasteiger partial charge in [0.25, 0.3) is 0 Å². The first-order valence-electron chi connectivity index (χ1n) is 6.93. The number of ether oxygens (including phenoxy) is 1. The second-order valence-corrected chi connectivity index (χ2v) is 5.56. The van der Waals surface area contributed by atoms with Crippen molar-refractivity contribution in [3.05, 3.63) is 28.8 Å². The molecule has 1 aliphatic rings. The highest BCUT2D eigenvalue weighted by atomic mass is 35.5. The van der Waals surface area contributed by atoms with E-state index in [1.807, 2.05) is 32.3 Å². The fourth-order valence-electron chi connectivity index (χ4n) is 2.07.